The number of amides is 1. The minimum absolute atomic E-state index is 0.159. The number of hydrogen-bond donors (Lipinski definition) is 2. The fourth-order valence-corrected chi connectivity index (χ4v) is 4.85. The van der Waals surface area contributed by atoms with Crippen molar-refractivity contribution in [3.8, 4) is 0 Å². The number of carbonyl (C=O) groups excluding carboxylic acids is 2. The van der Waals surface area contributed by atoms with Gasteiger partial charge in [-0.05, 0) is 38.5 Å². The Morgan fingerprint density at radius 1 is 1.24 bits per heavy atom. The summed E-state index contributed by atoms with van der Waals surface area (Å²) in [6, 6.07) is -0.505. The fourth-order valence-electron chi connectivity index (χ4n) is 3.96. The number of hydrogen-bond acceptors (Lipinski definition) is 6. The quantitative estimate of drug-likeness (QED) is 0.626. The molecule has 2 bridgehead atoms. The summed E-state index contributed by atoms with van der Waals surface area (Å²) in [5.74, 6) is -1.10. The molecule has 3 heterocycles. The second-order valence-corrected chi connectivity index (χ2v) is 9.27. The van der Waals surface area contributed by atoms with Gasteiger partial charge in [0.2, 0.25) is 0 Å². The van der Waals surface area contributed by atoms with Crippen LogP contribution in [0.4, 0.5) is 4.79 Å². The summed E-state index contributed by atoms with van der Waals surface area (Å²) in [5.41, 5.74) is 0.961. The van der Waals surface area contributed by atoms with Crippen molar-refractivity contribution in [2.45, 2.75) is 76.4 Å². The molecule has 2 saturated heterocycles. The van der Waals surface area contributed by atoms with Gasteiger partial charge in [-0.1, -0.05) is 48.6 Å². The van der Waals surface area contributed by atoms with Crippen molar-refractivity contribution < 1.29 is 24.2 Å². The first-order chi connectivity index (χ1) is 13.8. The molecule has 1 amide bonds. The number of thioether (sulfide) groups is 1. The van der Waals surface area contributed by atoms with Gasteiger partial charge >= 0.3 is 5.97 Å². The summed E-state index contributed by atoms with van der Waals surface area (Å²) in [6.07, 6.45) is 13.2. The van der Waals surface area contributed by atoms with Crippen molar-refractivity contribution in [3.63, 3.8) is 0 Å². The van der Waals surface area contributed by atoms with Gasteiger partial charge in [-0.15, -0.1) is 0 Å². The highest BCUT2D eigenvalue weighted by molar-refractivity contribution is 8.14. The predicted molar refractivity (Wildman–Crippen MR) is 113 cm³/mol. The molecule has 3 unspecified atom stereocenters. The van der Waals surface area contributed by atoms with Crippen LogP contribution >= 0.6 is 11.8 Å². The van der Waals surface area contributed by atoms with Crippen LogP contribution in [0, 0.1) is 5.92 Å². The molecule has 2 fully saturated rings. The Morgan fingerprint density at radius 3 is 2.83 bits per heavy atom. The van der Waals surface area contributed by atoms with E-state index >= 15 is 0 Å². The molecule has 0 saturated carbocycles. The first-order valence-electron chi connectivity index (χ1n) is 10.4. The monoisotopic (exact) mass is 421 g/mol. The molecule has 2 N–H and O–H groups in total. The Balaban J connectivity index is 1.78. The van der Waals surface area contributed by atoms with E-state index in [9.17, 15) is 14.7 Å². The van der Waals surface area contributed by atoms with Crippen molar-refractivity contribution >= 4 is 23.0 Å². The van der Waals surface area contributed by atoms with Gasteiger partial charge in [0, 0.05) is 24.7 Å². The van der Waals surface area contributed by atoms with E-state index in [1.54, 1.807) is 0 Å². The van der Waals surface area contributed by atoms with Crippen LogP contribution in [0.25, 0.3) is 0 Å². The molecular formula is C22H31NO5S. The van der Waals surface area contributed by atoms with E-state index in [1.807, 2.05) is 13.0 Å². The smallest absolute Gasteiger partial charge is 0.330 e. The molecule has 5 atom stereocenters. The van der Waals surface area contributed by atoms with Gasteiger partial charge in [-0.25, -0.2) is 4.79 Å². The SMILES string of the molecule is C/C1=C/C(=O)OC2CC(CCC(C)/C=C\C=C\CC1)O[C@@](O)([C@@H]1CSC(=O)N1)C2. The molecule has 0 aromatic carbocycles. The minimum atomic E-state index is -1.53. The Kier molecular flexibility index (Phi) is 7.60. The van der Waals surface area contributed by atoms with Crippen molar-refractivity contribution in [2.24, 2.45) is 5.92 Å². The predicted octanol–water partition coefficient (Wildman–Crippen LogP) is 3.86. The van der Waals surface area contributed by atoms with Gasteiger partial charge < -0.3 is 19.9 Å². The zero-order valence-corrected chi connectivity index (χ0v) is 18.0. The average Bonchev–Trinajstić information content (AvgIpc) is 3.09. The number of fused-ring (bicyclic) bond motifs is 2. The molecule has 29 heavy (non-hydrogen) atoms. The first-order valence-corrected chi connectivity index (χ1v) is 11.4. The zero-order chi connectivity index (χ0) is 20.9. The second kappa shape index (κ2) is 9.96. The van der Waals surface area contributed by atoms with Crippen LogP contribution in [0.2, 0.25) is 0 Å². The van der Waals surface area contributed by atoms with Gasteiger partial charge in [0.25, 0.3) is 5.24 Å². The molecule has 0 spiro atoms. The van der Waals surface area contributed by atoms with Crippen LogP contribution in [0.5, 0.6) is 0 Å². The van der Waals surface area contributed by atoms with E-state index in [1.165, 1.54) is 6.08 Å². The number of allylic oxidation sites excluding steroid dienone is 5. The van der Waals surface area contributed by atoms with Gasteiger partial charge in [0.05, 0.1) is 12.1 Å². The normalized spacial score (nSPS) is 41.0. The lowest BCUT2D eigenvalue weighted by molar-refractivity contribution is -0.283. The molecule has 0 aromatic heterocycles. The van der Waals surface area contributed by atoms with E-state index in [4.69, 9.17) is 9.47 Å². The third kappa shape index (κ3) is 6.46. The van der Waals surface area contributed by atoms with Crippen molar-refractivity contribution in [1.82, 2.24) is 5.32 Å². The number of aliphatic hydroxyl groups is 1. The van der Waals surface area contributed by atoms with Crippen LogP contribution in [-0.4, -0.2) is 46.1 Å². The number of nitrogens with one attached hydrogen (secondary N) is 1. The summed E-state index contributed by atoms with van der Waals surface area (Å²) in [6.45, 7) is 4.07. The zero-order valence-electron chi connectivity index (χ0n) is 17.1. The second-order valence-electron chi connectivity index (χ2n) is 8.28. The maximum Gasteiger partial charge on any atom is 0.330 e. The summed E-state index contributed by atoms with van der Waals surface area (Å²) >= 11 is 1.14. The minimum Gasteiger partial charge on any atom is -0.459 e. The molecule has 0 aromatic rings. The van der Waals surface area contributed by atoms with E-state index in [0.29, 0.717) is 18.1 Å². The lowest BCUT2D eigenvalue weighted by Gasteiger charge is -2.43. The van der Waals surface area contributed by atoms with E-state index < -0.39 is 17.9 Å². The first kappa shape index (κ1) is 22.1. The number of rotatable bonds is 1. The van der Waals surface area contributed by atoms with Crippen LogP contribution in [0.3, 0.4) is 0 Å². The molecule has 3 aliphatic rings. The summed E-state index contributed by atoms with van der Waals surface area (Å²) in [7, 11) is 0. The van der Waals surface area contributed by atoms with Gasteiger partial charge in [0.15, 0.2) is 5.79 Å². The largest absolute Gasteiger partial charge is 0.459 e. The number of carbonyl (C=O) groups is 2. The van der Waals surface area contributed by atoms with E-state index in [-0.39, 0.29) is 23.7 Å². The number of esters is 1. The summed E-state index contributed by atoms with van der Waals surface area (Å²) in [5, 5.41) is 13.8. The molecular weight excluding hydrogens is 390 g/mol. The highest BCUT2D eigenvalue weighted by atomic mass is 32.2. The summed E-state index contributed by atoms with van der Waals surface area (Å²) < 4.78 is 11.8. The topological polar surface area (TPSA) is 84.9 Å². The average molecular weight is 422 g/mol. The lowest BCUT2D eigenvalue weighted by atomic mass is 9.90. The van der Waals surface area contributed by atoms with Gasteiger partial charge in [-0.2, -0.15) is 0 Å². The third-order valence-electron chi connectivity index (χ3n) is 5.62. The maximum atomic E-state index is 12.4. The van der Waals surface area contributed by atoms with Crippen LogP contribution in [0.1, 0.15) is 52.4 Å². The van der Waals surface area contributed by atoms with E-state index in [0.717, 1.165) is 43.0 Å². The molecule has 3 rings (SSSR count). The molecule has 3 aliphatic heterocycles. The van der Waals surface area contributed by atoms with Crippen molar-refractivity contribution in [2.75, 3.05) is 5.75 Å². The molecule has 160 valence electrons. The molecule has 7 heteroatoms. The number of ether oxygens (including phenoxy) is 2. The highest BCUT2D eigenvalue weighted by Gasteiger charge is 2.49. The maximum absolute atomic E-state index is 12.4. The fraction of sp³-hybridized carbons (Fsp3) is 0.636. The van der Waals surface area contributed by atoms with Crippen LogP contribution < -0.4 is 5.32 Å². The Hall–Kier alpha value is -1.57. The van der Waals surface area contributed by atoms with Crippen molar-refractivity contribution in [1.29, 1.82) is 0 Å². The van der Waals surface area contributed by atoms with Crippen LogP contribution in [0.15, 0.2) is 36.0 Å². The van der Waals surface area contributed by atoms with Gasteiger partial charge in [0.1, 0.15) is 6.10 Å². The Bertz CT molecular complexity index is 703. The molecule has 0 radical (unpaired) electrons. The van der Waals surface area contributed by atoms with E-state index in [2.05, 4.69) is 30.5 Å². The standard InChI is InChI=1S/C22H31NO5S/c1-15-7-5-3-4-6-8-16(2)11-20(24)27-18-12-17(10-9-15)28-22(26,13-18)19-14-29-21(25)23-19/h3-5,7,11,15,17-19,26H,6,8-10,12-14H2,1-2H3,(H,23,25)/b4-3+,7-5-,16-11-/t15?,17?,18?,19-,22+/m0/s1. The third-order valence-corrected chi connectivity index (χ3v) is 6.50. The van der Waals surface area contributed by atoms with Crippen LogP contribution in [-0.2, 0) is 14.3 Å². The Labute approximate surface area is 176 Å². The molecule has 6 nitrogen and oxygen atoms in total. The van der Waals surface area contributed by atoms with Gasteiger partial charge in [-0.3, -0.25) is 4.79 Å². The highest BCUT2D eigenvalue weighted by Crippen LogP contribution is 2.36. The molecule has 0 aliphatic carbocycles. The lowest BCUT2D eigenvalue weighted by Crippen LogP contribution is -2.58. The Morgan fingerprint density at radius 2 is 2.07 bits per heavy atom. The summed E-state index contributed by atoms with van der Waals surface area (Å²) in [4.78, 5) is 24.0. The van der Waals surface area contributed by atoms with Crippen molar-refractivity contribution in [3.05, 3.63) is 36.0 Å².